The Kier molecular flexibility index (Phi) is 7.15. The first-order chi connectivity index (χ1) is 13.9. The fourth-order valence-corrected chi connectivity index (χ4v) is 3.79. The number of nitrogens with one attached hydrogen (secondary N) is 1. The van der Waals surface area contributed by atoms with E-state index in [1.54, 1.807) is 11.8 Å². The Bertz CT molecular complexity index is 911. The summed E-state index contributed by atoms with van der Waals surface area (Å²) in [7, 11) is 0. The van der Waals surface area contributed by atoms with Crippen LogP contribution in [-0.2, 0) is 23.2 Å². The van der Waals surface area contributed by atoms with Crippen molar-refractivity contribution in [2.45, 2.75) is 44.0 Å². The van der Waals surface area contributed by atoms with Crippen LogP contribution >= 0.6 is 11.8 Å². The summed E-state index contributed by atoms with van der Waals surface area (Å²) < 4.78 is 2.13. The Labute approximate surface area is 177 Å². The van der Waals surface area contributed by atoms with Crippen LogP contribution in [0.3, 0.4) is 0 Å². The fourth-order valence-electron chi connectivity index (χ4n) is 3.06. The van der Waals surface area contributed by atoms with Crippen molar-refractivity contribution in [2.75, 3.05) is 12.3 Å². The second kappa shape index (κ2) is 9.79. The summed E-state index contributed by atoms with van der Waals surface area (Å²) in [5.74, 6) is 1.46. The third-order valence-electron chi connectivity index (χ3n) is 4.76. The van der Waals surface area contributed by atoms with Crippen LogP contribution in [0.15, 0.2) is 71.9 Å². The lowest BCUT2D eigenvalue weighted by Crippen LogP contribution is -2.28. The molecule has 1 N–H and O–H groups in total. The first kappa shape index (κ1) is 21.2. The highest BCUT2D eigenvalue weighted by molar-refractivity contribution is 8.00. The molecule has 0 aliphatic rings. The minimum absolute atomic E-state index is 0.0519. The molecule has 0 radical (unpaired) electrons. The minimum atomic E-state index is 0.0519. The first-order valence-corrected chi connectivity index (χ1v) is 10.9. The van der Waals surface area contributed by atoms with E-state index in [1.807, 2.05) is 30.6 Å². The summed E-state index contributed by atoms with van der Waals surface area (Å²) in [6, 6.07) is 18.8. The van der Waals surface area contributed by atoms with Crippen LogP contribution in [0.25, 0.3) is 0 Å². The molecule has 3 rings (SSSR count). The number of nitrogens with zero attached hydrogens (tertiary/aromatic N) is 2. The van der Waals surface area contributed by atoms with Gasteiger partial charge < -0.3 is 9.88 Å². The van der Waals surface area contributed by atoms with Gasteiger partial charge in [0.1, 0.15) is 5.82 Å². The van der Waals surface area contributed by atoms with Crippen LogP contribution in [0, 0.1) is 0 Å². The van der Waals surface area contributed by atoms with E-state index in [-0.39, 0.29) is 11.3 Å². The molecule has 0 atom stereocenters. The summed E-state index contributed by atoms with van der Waals surface area (Å²) >= 11 is 1.57. The molecule has 0 saturated carbocycles. The highest BCUT2D eigenvalue weighted by atomic mass is 32.2. The van der Waals surface area contributed by atoms with E-state index in [9.17, 15) is 4.79 Å². The predicted octanol–water partition coefficient (Wildman–Crippen LogP) is 4.68. The molecule has 29 heavy (non-hydrogen) atoms. The molecule has 0 spiro atoms. The van der Waals surface area contributed by atoms with Gasteiger partial charge in [0.05, 0.1) is 5.75 Å². The molecule has 1 aromatic heterocycles. The van der Waals surface area contributed by atoms with Gasteiger partial charge in [-0.3, -0.25) is 4.79 Å². The van der Waals surface area contributed by atoms with E-state index >= 15 is 0 Å². The highest BCUT2D eigenvalue weighted by Gasteiger charge is 2.13. The molecule has 0 aliphatic carbocycles. The van der Waals surface area contributed by atoms with Gasteiger partial charge in [-0.1, -0.05) is 63.2 Å². The zero-order chi connectivity index (χ0) is 20.7. The molecular weight excluding hydrogens is 378 g/mol. The Hall–Kier alpha value is -2.53. The molecule has 0 unspecified atom stereocenters. The van der Waals surface area contributed by atoms with Gasteiger partial charge in [0, 0.05) is 36.8 Å². The maximum atomic E-state index is 12.2. The Morgan fingerprint density at radius 2 is 1.79 bits per heavy atom. The van der Waals surface area contributed by atoms with Gasteiger partial charge in [-0.05, 0) is 28.7 Å². The van der Waals surface area contributed by atoms with Crippen molar-refractivity contribution in [1.82, 2.24) is 14.9 Å². The number of amides is 1. The Morgan fingerprint density at radius 1 is 1.07 bits per heavy atom. The zero-order valence-electron chi connectivity index (χ0n) is 17.4. The molecule has 0 fully saturated rings. The number of carbonyl (C=O) groups excluding carboxylic acids is 1. The topological polar surface area (TPSA) is 46.9 Å². The molecule has 1 heterocycles. The second-order valence-electron chi connectivity index (χ2n) is 8.12. The number of rotatable bonds is 8. The number of thioether (sulfide) groups is 1. The highest BCUT2D eigenvalue weighted by Crippen LogP contribution is 2.25. The second-order valence-corrected chi connectivity index (χ2v) is 9.17. The number of imidazole rings is 1. The molecule has 5 heteroatoms. The Balaban J connectivity index is 1.42. The van der Waals surface area contributed by atoms with Crippen molar-refractivity contribution < 1.29 is 4.79 Å². The van der Waals surface area contributed by atoms with E-state index in [0.717, 1.165) is 23.7 Å². The molecule has 152 valence electrons. The summed E-state index contributed by atoms with van der Waals surface area (Å²) in [6.45, 7) is 7.99. The molecule has 4 nitrogen and oxygen atoms in total. The maximum Gasteiger partial charge on any atom is 0.230 e. The summed E-state index contributed by atoms with van der Waals surface area (Å²) in [4.78, 5) is 17.7. The molecule has 0 bridgehead atoms. The fraction of sp³-hybridized carbons (Fsp3) is 0.333. The number of benzene rings is 2. The number of carbonyl (C=O) groups is 1. The minimum Gasteiger partial charge on any atom is -0.355 e. The van der Waals surface area contributed by atoms with E-state index in [2.05, 4.69) is 72.0 Å². The lowest BCUT2D eigenvalue weighted by molar-refractivity contribution is -0.118. The SMILES string of the molecule is CC(C)(C)c1ccc(SCC(=O)NCCc2nccn2Cc2ccccc2)cc1. The molecular formula is C24H29N3OS. The van der Waals surface area contributed by atoms with Crippen LogP contribution in [0.1, 0.15) is 37.7 Å². The van der Waals surface area contributed by atoms with Crippen LogP contribution in [0.2, 0.25) is 0 Å². The monoisotopic (exact) mass is 407 g/mol. The quantitative estimate of drug-likeness (QED) is 0.552. The molecule has 2 aromatic carbocycles. The lowest BCUT2D eigenvalue weighted by Gasteiger charge is -2.19. The van der Waals surface area contributed by atoms with Gasteiger partial charge in [-0.2, -0.15) is 0 Å². The van der Waals surface area contributed by atoms with Crippen LogP contribution < -0.4 is 5.32 Å². The van der Waals surface area contributed by atoms with Gasteiger partial charge in [-0.25, -0.2) is 4.98 Å². The molecule has 0 saturated heterocycles. The van der Waals surface area contributed by atoms with Gasteiger partial charge >= 0.3 is 0 Å². The van der Waals surface area contributed by atoms with Gasteiger partial charge in [-0.15, -0.1) is 11.8 Å². The summed E-state index contributed by atoms with van der Waals surface area (Å²) in [5, 5.41) is 3.00. The zero-order valence-corrected chi connectivity index (χ0v) is 18.2. The standard InChI is InChI=1S/C24H29N3OS/c1-24(2,3)20-9-11-21(12-10-20)29-18-23(28)26-14-13-22-25-15-16-27(22)17-19-7-5-4-6-8-19/h4-12,15-16H,13-14,17-18H2,1-3H3,(H,26,28). The van der Waals surface area contributed by atoms with Crippen LogP contribution in [0.4, 0.5) is 0 Å². The van der Waals surface area contributed by atoms with Gasteiger partial charge in [0.2, 0.25) is 5.91 Å². The smallest absolute Gasteiger partial charge is 0.230 e. The molecule has 1 amide bonds. The molecule has 0 aliphatic heterocycles. The molecule has 3 aromatic rings. The van der Waals surface area contributed by atoms with Crippen molar-refractivity contribution in [3.8, 4) is 0 Å². The van der Waals surface area contributed by atoms with Crippen molar-refractivity contribution in [1.29, 1.82) is 0 Å². The largest absolute Gasteiger partial charge is 0.355 e. The van der Waals surface area contributed by atoms with E-state index < -0.39 is 0 Å². The third-order valence-corrected chi connectivity index (χ3v) is 5.77. The Morgan fingerprint density at radius 3 is 2.48 bits per heavy atom. The average molecular weight is 408 g/mol. The normalized spacial score (nSPS) is 11.4. The lowest BCUT2D eigenvalue weighted by atomic mass is 9.87. The summed E-state index contributed by atoms with van der Waals surface area (Å²) in [6.07, 6.45) is 4.52. The van der Waals surface area contributed by atoms with Crippen molar-refractivity contribution >= 4 is 17.7 Å². The average Bonchev–Trinajstić information content (AvgIpc) is 3.14. The van der Waals surface area contributed by atoms with E-state index in [0.29, 0.717) is 12.3 Å². The third kappa shape index (κ3) is 6.50. The van der Waals surface area contributed by atoms with Gasteiger partial charge in [0.25, 0.3) is 0 Å². The number of hydrogen-bond acceptors (Lipinski definition) is 3. The van der Waals surface area contributed by atoms with Crippen molar-refractivity contribution in [3.05, 3.63) is 83.9 Å². The van der Waals surface area contributed by atoms with Crippen LogP contribution in [-0.4, -0.2) is 27.8 Å². The predicted molar refractivity (Wildman–Crippen MR) is 120 cm³/mol. The number of aromatic nitrogens is 2. The van der Waals surface area contributed by atoms with Gasteiger partial charge in [0.15, 0.2) is 0 Å². The van der Waals surface area contributed by atoms with Crippen molar-refractivity contribution in [3.63, 3.8) is 0 Å². The first-order valence-electron chi connectivity index (χ1n) is 9.96. The van der Waals surface area contributed by atoms with Crippen molar-refractivity contribution in [2.24, 2.45) is 0 Å². The summed E-state index contributed by atoms with van der Waals surface area (Å²) in [5.41, 5.74) is 2.69. The van der Waals surface area contributed by atoms with E-state index in [1.165, 1.54) is 11.1 Å². The maximum absolute atomic E-state index is 12.2. The van der Waals surface area contributed by atoms with Crippen LogP contribution in [0.5, 0.6) is 0 Å². The van der Waals surface area contributed by atoms with E-state index in [4.69, 9.17) is 0 Å². The number of hydrogen-bond donors (Lipinski definition) is 1.